The number of methoxy groups -OCH3 is 2. The summed E-state index contributed by atoms with van der Waals surface area (Å²) in [6, 6.07) is 42.9. The van der Waals surface area contributed by atoms with Gasteiger partial charge in [0, 0.05) is 40.9 Å². The molecule has 6 aromatic carbocycles. The molecule has 55 heavy (non-hydrogen) atoms. The van der Waals surface area contributed by atoms with Crippen LogP contribution in [0.1, 0.15) is 147 Å². The highest BCUT2D eigenvalue weighted by Gasteiger charge is 2.50. The summed E-state index contributed by atoms with van der Waals surface area (Å²) in [5.74, 6) is 3.07. The third-order valence-corrected chi connectivity index (χ3v) is 12.8. The van der Waals surface area contributed by atoms with Gasteiger partial charge in [0.05, 0.1) is 20.8 Å². The maximum atomic E-state index is 7.40. The van der Waals surface area contributed by atoms with Gasteiger partial charge in [-0.2, -0.15) is 0 Å². The molecular weight excluding hydrogens is 673 g/mol. The van der Waals surface area contributed by atoms with E-state index in [0.29, 0.717) is 0 Å². The molecule has 0 heterocycles. The predicted molar refractivity (Wildman–Crippen MR) is 223 cm³/mol. The summed E-state index contributed by atoms with van der Waals surface area (Å²) in [7, 11) is 3.44. The Morgan fingerprint density at radius 3 is 1.24 bits per heavy atom. The molecule has 0 amide bonds. The molecule has 0 aliphatic heterocycles. The van der Waals surface area contributed by atoms with E-state index in [2.05, 4.69) is 128 Å². The topological polar surface area (TPSA) is 27.7 Å². The van der Waals surface area contributed by atoms with Crippen LogP contribution in [-0.2, 0) is 0 Å². The number of unbranched alkanes of at least 4 members (excludes halogenated alkanes) is 5. The molecule has 6 aliphatic carbocycles. The van der Waals surface area contributed by atoms with Crippen LogP contribution >= 0.6 is 0 Å². The van der Waals surface area contributed by atoms with Gasteiger partial charge in [-0.15, -0.1) is 0 Å². The predicted octanol–water partition coefficient (Wildman–Crippen LogP) is 12.6. The quantitative estimate of drug-likeness (QED) is 0.0929. The van der Waals surface area contributed by atoms with Gasteiger partial charge in [-0.1, -0.05) is 148 Å². The number of ether oxygens (including phenoxy) is 3. The van der Waals surface area contributed by atoms with Crippen LogP contribution in [0.25, 0.3) is 12.2 Å². The van der Waals surface area contributed by atoms with Crippen LogP contribution in [0.3, 0.4) is 0 Å². The Kier molecular flexibility index (Phi) is 8.62. The van der Waals surface area contributed by atoms with E-state index in [1.807, 2.05) is 6.07 Å². The van der Waals surface area contributed by atoms with Gasteiger partial charge in [-0.25, -0.2) is 0 Å². The average Bonchev–Trinajstić information content (AvgIpc) is 3.24. The number of rotatable bonds is 12. The van der Waals surface area contributed by atoms with Gasteiger partial charge in [0.25, 0.3) is 0 Å². The van der Waals surface area contributed by atoms with Crippen molar-refractivity contribution in [3.63, 3.8) is 0 Å². The van der Waals surface area contributed by atoms with E-state index in [-0.39, 0.29) is 23.7 Å². The summed E-state index contributed by atoms with van der Waals surface area (Å²) in [6.07, 6.45) is 12.1. The van der Waals surface area contributed by atoms with E-state index < -0.39 is 0 Å². The van der Waals surface area contributed by atoms with Crippen molar-refractivity contribution in [3.05, 3.63) is 193 Å². The van der Waals surface area contributed by atoms with Crippen molar-refractivity contribution in [3.8, 4) is 17.2 Å². The number of hydrogen-bond acceptors (Lipinski definition) is 3. The number of hydrogen-bond donors (Lipinski definition) is 0. The van der Waals surface area contributed by atoms with Crippen LogP contribution in [-0.4, -0.2) is 20.8 Å². The second-order valence-corrected chi connectivity index (χ2v) is 15.7. The molecule has 0 radical (unpaired) electrons. The SMILES string of the molecule is CCCCCCCCOc1c2c(c(/C=C/c3cc(OC)cc(OC)c3)c3c1C1c4ccccc4C3c3ccccc31)C1c3ccccc3C2c2ccccc21. The Balaban J connectivity index is 1.26. The third kappa shape index (κ3) is 5.30. The maximum absolute atomic E-state index is 7.40. The Morgan fingerprint density at radius 2 is 0.836 bits per heavy atom. The lowest BCUT2D eigenvalue weighted by molar-refractivity contribution is 0.295. The lowest BCUT2D eigenvalue weighted by Crippen LogP contribution is -2.34. The first-order chi connectivity index (χ1) is 27.2. The molecule has 0 saturated carbocycles. The van der Waals surface area contributed by atoms with Crippen molar-refractivity contribution >= 4 is 12.2 Å². The summed E-state index contributed by atoms with van der Waals surface area (Å²) in [4.78, 5) is 0. The minimum absolute atomic E-state index is 0.0901. The van der Waals surface area contributed by atoms with E-state index in [1.54, 1.807) is 14.2 Å². The van der Waals surface area contributed by atoms with Crippen molar-refractivity contribution < 1.29 is 14.2 Å². The van der Waals surface area contributed by atoms with Crippen molar-refractivity contribution in [2.75, 3.05) is 20.8 Å². The Labute approximate surface area is 325 Å². The molecule has 3 nitrogen and oxygen atoms in total. The fourth-order valence-electron chi connectivity index (χ4n) is 10.6. The van der Waals surface area contributed by atoms with E-state index in [9.17, 15) is 0 Å². The molecule has 3 heteroatoms. The highest BCUT2D eigenvalue weighted by atomic mass is 16.5. The fraction of sp³-hybridized carbons (Fsp3) is 0.269. The molecule has 0 unspecified atom stereocenters. The van der Waals surface area contributed by atoms with Crippen molar-refractivity contribution in [1.29, 1.82) is 0 Å². The normalized spacial score (nSPS) is 18.9. The van der Waals surface area contributed by atoms with E-state index >= 15 is 0 Å². The monoisotopic (exact) mass is 720 g/mol. The summed E-state index contributed by atoms with van der Waals surface area (Å²) >= 11 is 0. The second-order valence-electron chi connectivity index (χ2n) is 15.7. The molecule has 0 atom stereocenters. The zero-order valence-electron chi connectivity index (χ0n) is 32.1. The van der Waals surface area contributed by atoms with Crippen LogP contribution in [0.4, 0.5) is 0 Å². The first-order valence-corrected chi connectivity index (χ1v) is 20.3. The standard InChI is InChI=1S/C52H48O3/c1-4-5-6-7-8-17-28-55-52-50-46-39-22-13-9-18-35(39)44(36-19-10-14-23-40(36)46)48(50)43(27-26-32-29-33(53-2)31-34(30-32)54-3)49-45-37-20-11-15-24-41(37)47(51(49)52)42-25-16-12-21-38(42)45/h9-16,18-27,29-31,44-47H,4-8,17,28H2,1-3H3/b27-26+. The molecule has 6 aromatic rings. The highest BCUT2D eigenvalue weighted by molar-refractivity contribution is 5.87. The van der Waals surface area contributed by atoms with Gasteiger partial charge in [-0.3, -0.25) is 0 Å². The van der Waals surface area contributed by atoms with Crippen LogP contribution in [0.15, 0.2) is 115 Å². The average molecular weight is 721 g/mol. The molecule has 6 aliphatic rings. The first kappa shape index (κ1) is 34.0. The largest absolute Gasteiger partial charge is 0.497 e. The van der Waals surface area contributed by atoms with Gasteiger partial charge >= 0.3 is 0 Å². The summed E-state index contributed by atoms with van der Waals surface area (Å²) < 4.78 is 18.8. The summed E-state index contributed by atoms with van der Waals surface area (Å²) in [5, 5.41) is 0. The number of benzene rings is 6. The van der Waals surface area contributed by atoms with E-state index in [4.69, 9.17) is 14.2 Å². The molecule has 0 N–H and O–H groups in total. The Bertz CT molecular complexity index is 2230. The second kappa shape index (κ2) is 13.9. The first-order valence-electron chi connectivity index (χ1n) is 20.3. The highest BCUT2D eigenvalue weighted by Crippen LogP contribution is 2.66. The van der Waals surface area contributed by atoms with E-state index in [1.165, 1.54) is 104 Å². The Morgan fingerprint density at radius 1 is 0.455 bits per heavy atom. The molecule has 0 spiro atoms. The van der Waals surface area contributed by atoms with Crippen molar-refractivity contribution in [1.82, 2.24) is 0 Å². The van der Waals surface area contributed by atoms with Gasteiger partial charge in [0.15, 0.2) is 0 Å². The molecule has 0 fully saturated rings. The van der Waals surface area contributed by atoms with Gasteiger partial charge in [0.2, 0.25) is 0 Å². The van der Waals surface area contributed by atoms with Gasteiger partial charge in [-0.05, 0) is 85.3 Å². The van der Waals surface area contributed by atoms with Gasteiger partial charge < -0.3 is 14.2 Å². The van der Waals surface area contributed by atoms with Crippen LogP contribution in [0.2, 0.25) is 0 Å². The fourth-order valence-corrected chi connectivity index (χ4v) is 10.6. The van der Waals surface area contributed by atoms with Crippen molar-refractivity contribution in [2.45, 2.75) is 69.1 Å². The van der Waals surface area contributed by atoms with Crippen LogP contribution in [0.5, 0.6) is 17.2 Å². The van der Waals surface area contributed by atoms with Crippen molar-refractivity contribution in [2.24, 2.45) is 0 Å². The van der Waals surface area contributed by atoms with Gasteiger partial charge in [0.1, 0.15) is 17.2 Å². The molecule has 274 valence electrons. The molecule has 0 saturated heterocycles. The minimum Gasteiger partial charge on any atom is -0.497 e. The third-order valence-electron chi connectivity index (χ3n) is 12.8. The lowest BCUT2D eigenvalue weighted by atomic mass is 9.54. The van der Waals surface area contributed by atoms with E-state index in [0.717, 1.165) is 35.8 Å². The molecule has 12 rings (SSSR count). The molecular formula is C52H48O3. The van der Waals surface area contributed by atoms with Crippen LogP contribution < -0.4 is 14.2 Å². The summed E-state index contributed by atoms with van der Waals surface area (Å²) in [6.45, 7) is 3.01. The smallest absolute Gasteiger partial charge is 0.128 e. The maximum Gasteiger partial charge on any atom is 0.128 e. The summed E-state index contributed by atoms with van der Waals surface area (Å²) in [5.41, 5.74) is 19.3. The minimum atomic E-state index is 0.0901. The molecule has 4 bridgehead atoms. The zero-order chi connectivity index (χ0) is 37.0. The van der Waals surface area contributed by atoms with Crippen LogP contribution in [0, 0.1) is 0 Å². The molecule has 0 aromatic heterocycles. The Hall–Kier alpha value is -5.54. The lowest BCUT2D eigenvalue weighted by Gasteiger charge is -2.49. The zero-order valence-corrected chi connectivity index (χ0v) is 32.1.